The van der Waals surface area contributed by atoms with E-state index in [4.69, 9.17) is 21.7 Å². The van der Waals surface area contributed by atoms with Crippen molar-refractivity contribution >= 4 is 34.8 Å². The lowest BCUT2D eigenvalue weighted by atomic mass is 10.1. The number of ether oxygens (including phenoxy) is 2. The van der Waals surface area contributed by atoms with Gasteiger partial charge in [0.15, 0.2) is 5.11 Å². The van der Waals surface area contributed by atoms with Crippen molar-refractivity contribution in [2.24, 2.45) is 0 Å². The number of nitrogens with one attached hydrogen (secondary N) is 3. The van der Waals surface area contributed by atoms with Crippen molar-refractivity contribution < 1.29 is 19.1 Å². The quantitative estimate of drug-likeness (QED) is 0.631. The van der Waals surface area contributed by atoms with E-state index in [1.165, 1.54) is 7.11 Å². The zero-order chi connectivity index (χ0) is 20.6. The van der Waals surface area contributed by atoms with E-state index in [9.17, 15) is 9.59 Å². The number of methoxy groups -OCH3 is 1. The Hall–Kier alpha value is -2.97. The molecule has 1 aliphatic heterocycles. The normalized spacial score (nSPS) is 15.4. The molecule has 1 heterocycles. The average molecular weight is 413 g/mol. The van der Waals surface area contributed by atoms with Gasteiger partial charge in [-0.15, -0.1) is 0 Å². The van der Waals surface area contributed by atoms with Crippen molar-refractivity contribution in [2.45, 2.75) is 18.9 Å². The molecule has 1 fully saturated rings. The van der Waals surface area contributed by atoms with Crippen molar-refractivity contribution in [1.29, 1.82) is 0 Å². The smallest absolute Gasteiger partial charge is 0.261 e. The third-order valence-electron chi connectivity index (χ3n) is 4.48. The Labute approximate surface area is 174 Å². The number of thiocarbonyl (C=S) groups is 1. The van der Waals surface area contributed by atoms with Gasteiger partial charge in [-0.1, -0.05) is 18.2 Å². The molecule has 0 radical (unpaired) electrons. The molecule has 1 atom stereocenters. The molecule has 2 aromatic carbocycles. The van der Waals surface area contributed by atoms with Gasteiger partial charge in [-0.25, -0.2) is 0 Å². The van der Waals surface area contributed by atoms with Crippen LogP contribution in [0.25, 0.3) is 0 Å². The van der Waals surface area contributed by atoms with Crippen molar-refractivity contribution in [2.75, 3.05) is 25.6 Å². The minimum absolute atomic E-state index is 0.0815. The monoisotopic (exact) mass is 413 g/mol. The molecule has 29 heavy (non-hydrogen) atoms. The second kappa shape index (κ2) is 9.99. The number of hydrogen-bond acceptors (Lipinski definition) is 5. The molecule has 2 amide bonds. The summed E-state index contributed by atoms with van der Waals surface area (Å²) in [5.41, 5.74) is 1.47. The van der Waals surface area contributed by atoms with Gasteiger partial charge in [-0.3, -0.25) is 14.9 Å². The molecule has 0 spiro atoms. The van der Waals surface area contributed by atoms with E-state index >= 15 is 0 Å². The fraction of sp³-hybridized carbons (Fsp3) is 0.286. The van der Waals surface area contributed by atoms with Crippen LogP contribution in [0.15, 0.2) is 48.5 Å². The Morgan fingerprint density at radius 2 is 2.00 bits per heavy atom. The third-order valence-corrected chi connectivity index (χ3v) is 4.68. The number of anilines is 1. The summed E-state index contributed by atoms with van der Waals surface area (Å²) in [5.74, 6) is -0.115. The number of benzene rings is 2. The molecule has 152 valence electrons. The Morgan fingerprint density at radius 3 is 2.76 bits per heavy atom. The summed E-state index contributed by atoms with van der Waals surface area (Å²) >= 11 is 5.22. The molecular formula is C21H23N3O4S. The molecule has 0 aliphatic carbocycles. The maximum atomic E-state index is 12.4. The molecule has 3 rings (SSSR count). The first-order valence-corrected chi connectivity index (χ1v) is 9.73. The lowest BCUT2D eigenvalue weighted by Crippen LogP contribution is -2.34. The zero-order valence-corrected chi connectivity index (χ0v) is 16.9. The summed E-state index contributed by atoms with van der Waals surface area (Å²) in [6, 6.07) is 13.8. The maximum Gasteiger partial charge on any atom is 0.261 e. The van der Waals surface area contributed by atoms with Crippen molar-refractivity contribution in [3.05, 3.63) is 59.7 Å². The van der Waals surface area contributed by atoms with Crippen LogP contribution >= 0.6 is 12.2 Å². The van der Waals surface area contributed by atoms with Crippen LogP contribution in [0.4, 0.5) is 5.69 Å². The summed E-state index contributed by atoms with van der Waals surface area (Å²) < 4.78 is 10.7. The Kier molecular flexibility index (Phi) is 7.15. The van der Waals surface area contributed by atoms with Crippen LogP contribution < -0.4 is 20.7 Å². The van der Waals surface area contributed by atoms with Gasteiger partial charge in [0.25, 0.3) is 11.8 Å². The van der Waals surface area contributed by atoms with Crippen molar-refractivity contribution in [3.63, 3.8) is 0 Å². The molecule has 0 aromatic heterocycles. The predicted molar refractivity (Wildman–Crippen MR) is 114 cm³/mol. The zero-order valence-electron chi connectivity index (χ0n) is 16.1. The van der Waals surface area contributed by atoms with Crippen molar-refractivity contribution in [3.8, 4) is 5.75 Å². The van der Waals surface area contributed by atoms with E-state index in [0.717, 1.165) is 19.4 Å². The maximum absolute atomic E-state index is 12.4. The molecular weight excluding hydrogens is 390 g/mol. The number of para-hydroxylation sites is 1. The first-order chi connectivity index (χ1) is 14.1. The van der Waals surface area contributed by atoms with Gasteiger partial charge >= 0.3 is 0 Å². The number of rotatable bonds is 6. The molecule has 0 bridgehead atoms. The van der Waals surface area contributed by atoms with E-state index in [1.807, 2.05) is 0 Å². The highest BCUT2D eigenvalue weighted by Crippen LogP contribution is 2.17. The van der Waals surface area contributed by atoms with Crippen LogP contribution in [0.3, 0.4) is 0 Å². The van der Waals surface area contributed by atoms with Gasteiger partial charge in [0.2, 0.25) is 0 Å². The predicted octanol–water partition coefficient (Wildman–Crippen LogP) is 2.73. The van der Waals surface area contributed by atoms with E-state index < -0.39 is 0 Å². The molecule has 7 nitrogen and oxygen atoms in total. The summed E-state index contributed by atoms with van der Waals surface area (Å²) in [4.78, 5) is 24.8. The number of carbonyl (C=O) groups excluding carboxylic acids is 2. The molecule has 1 unspecified atom stereocenters. The van der Waals surface area contributed by atoms with E-state index in [2.05, 4.69) is 16.0 Å². The number of hydrogen-bond donors (Lipinski definition) is 3. The summed E-state index contributed by atoms with van der Waals surface area (Å²) in [5, 5.41) is 8.54. The van der Waals surface area contributed by atoms with Crippen LogP contribution in [0, 0.1) is 0 Å². The second-order valence-corrected chi connectivity index (χ2v) is 6.94. The largest absolute Gasteiger partial charge is 0.496 e. The van der Waals surface area contributed by atoms with Crippen LogP contribution in [-0.2, 0) is 4.74 Å². The summed E-state index contributed by atoms with van der Waals surface area (Å²) in [6.07, 6.45) is 2.07. The summed E-state index contributed by atoms with van der Waals surface area (Å²) in [7, 11) is 1.50. The SMILES string of the molecule is COc1ccccc1C(=O)NC(=S)Nc1cccc(C(=O)NCC2CCCO2)c1. The molecule has 8 heteroatoms. The van der Waals surface area contributed by atoms with Crippen molar-refractivity contribution in [1.82, 2.24) is 10.6 Å². The standard InChI is InChI=1S/C21H23N3O4S/c1-27-18-10-3-2-9-17(18)20(26)24-21(29)23-15-7-4-6-14(12-15)19(25)22-13-16-8-5-11-28-16/h2-4,6-7,9-10,12,16H,5,8,11,13H2,1H3,(H,22,25)(H2,23,24,26,29). The number of carbonyl (C=O) groups is 2. The van der Waals surface area contributed by atoms with Crippen LogP contribution in [0.2, 0.25) is 0 Å². The third kappa shape index (κ3) is 5.75. The van der Waals surface area contributed by atoms with E-state index in [1.54, 1.807) is 48.5 Å². The Balaban J connectivity index is 1.57. The first-order valence-electron chi connectivity index (χ1n) is 9.32. The average Bonchev–Trinajstić information content (AvgIpc) is 3.25. The molecule has 1 saturated heterocycles. The summed E-state index contributed by atoms with van der Waals surface area (Å²) in [6.45, 7) is 1.24. The minimum atomic E-state index is -0.384. The van der Waals surface area contributed by atoms with E-state index in [-0.39, 0.29) is 23.0 Å². The Morgan fingerprint density at radius 1 is 1.17 bits per heavy atom. The van der Waals surface area contributed by atoms with Gasteiger partial charge in [0, 0.05) is 24.4 Å². The van der Waals surface area contributed by atoms with Crippen LogP contribution in [0.1, 0.15) is 33.6 Å². The first kappa shape index (κ1) is 20.8. The lowest BCUT2D eigenvalue weighted by Gasteiger charge is -2.13. The topological polar surface area (TPSA) is 88.7 Å². The molecule has 2 aromatic rings. The lowest BCUT2D eigenvalue weighted by molar-refractivity contribution is 0.0857. The number of amides is 2. The van der Waals surface area contributed by atoms with Gasteiger partial charge < -0.3 is 20.1 Å². The fourth-order valence-corrected chi connectivity index (χ4v) is 3.23. The highest BCUT2D eigenvalue weighted by Gasteiger charge is 2.17. The Bertz CT molecular complexity index is 897. The van der Waals surface area contributed by atoms with Gasteiger partial charge in [0.1, 0.15) is 5.75 Å². The highest BCUT2D eigenvalue weighted by molar-refractivity contribution is 7.80. The molecule has 0 saturated carbocycles. The van der Waals surface area contributed by atoms with Crippen LogP contribution in [-0.4, -0.2) is 43.3 Å². The van der Waals surface area contributed by atoms with Crippen LogP contribution in [0.5, 0.6) is 5.75 Å². The van der Waals surface area contributed by atoms with Gasteiger partial charge in [-0.2, -0.15) is 0 Å². The second-order valence-electron chi connectivity index (χ2n) is 6.53. The fourth-order valence-electron chi connectivity index (χ4n) is 3.02. The minimum Gasteiger partial charge on any atom is -0.496 e. The van der Waals surface area contributed by atoms with E-state index in [0.29, 0.717) is 29.1 Å². The molecule has 3 N–H and O–H groups in total. The molecule has 1 aliphatic rings. The highest BCUT2D eigenvalue weighted by atomic mass is 32.1. The van der Waals surface area contributed by atoms with Gasteiger partial charge in [0.05, 0.1) is 18.8 Å². The van der Waals surface area contributed by atoms with Gasteiger partial charge in [-0.05, 0) is 55.4 Å².